The van der Waals surface area contributed by atoms with Crippen LogP contribution < -0.4 is 5.32 Å². The van der Waals surface area contributed by atoms with Crippen LogP contribution in [0.4, 0.5) is 14.9 Å². The van der Waals surface area contributed by atoms with Gasteiger partial charge in [0.1, 0.15) is 18.5 Å². The van der Waals surface area contributed by atoms with Crippen LogP contribution in [0.25, 0.3) is 10.4 Å². The van der Waals surface area contributed by atoms with Crippen LogP contribution in [0, 0.1) is 5.82 Å². The highest BCUT2D eigenvalue weighted by atomic mass is 19.1. The zero-order valence-electron chi connectivity index (χ0n) is 13.5. The Bertz CT molecular complexity index is 838. The Kier molecular flexibility index (Phi) is 6.53. The zero-order valence-corrected chi connectivity index (χ0v) is 13.5. The van der Waals surface area contributed by atoms with Crippen LogP contribution in [0.15, 0.2) is 53.6 Å². The lowest BCUT2D eigenvalue weighted by Crippen LogP contribution is -2.42. The molecule has 2 rings (SSSR count). The number of hydrogen-bond donors (Lipinski definition) is 2. The van der Waals surface area contributed by atoms with E-state index in [9.17, 15) is 19.1 Å². The average Bonchev–Trinajstić information content (AvgIpc) is 2.62. The van der Waals surface area contributed by atoms with E-state index >= 15 is 0 Å². The standard InChI is InChI=1S/C17H15FN4O4/c18-14-9-13(21-22-19)7-6-12(14)8-15(16(23)24)20-17(25)26-10-11-4-2-1-3-5-11/h1-7,9,15H,8,10H2,(H,20,25)(H,23,24)/t15-/m1/s1. The number of halogens is 1. The molecule has 0 saturated heterocycles. The van der Waals surface area contributed by atoms with Crippen molar-refractivity contribution in [2.24, 2.45) is 5.11 Å². The van der Waals surface area contributed by atoms with Gasteiger partial charge in [0.2, 0.25) is 0 Å². The third kappa shape index (κ3) is 5.50. The molecule has 0 saturated carbocycles. The summed E-state index contributed by atoms with van der Waals surface area (Å²) in [5, 5.41) is 14.7. The summed E-state index contributed by atoms with van der Waals surface area (Å²) < 4.78 is 18.9. The number of rotatable bonds is 7. The first-order valence-electron chi connectivity index (χ1n) is 7.53. The minimum absolute atomic E-state index is 0.0196. The van der Waals surface area contributed by atoms with Crippen molar-refractivity contribution >= 4 is 17.7 Å². The van der Waals surface area contributed by atoms with Crippen LogP contribution in [0.1, 0.15) is 11.1 Å². The van der Waals surface area contributed by atoms with Crippen molar-refractivity contribution in [2.75, 3.05) is 0 Å². The molecule has 26 heavy (non-hydrogen) atoms. The van der Waals surface area contributed by atoms with Crippen LogP contribution in [0.3, 0.4) is 0 Å². The first-order valence-corrected chi connectivity index (χ1v) is 7.53. The highest BCUT2D eigenvalue weighted by molar-refractivity contribution is 5.80. The van der Waals surface area contributed by atoms with Gasteiger partial charge in [0.25, 0.3) is 0 Å². The summed E-state index contributed by atoms with van der Waals surface area (Å²) in [5.74, 6) is -2.07. The van der Waals surface area contributed by atoms with Gasteiger partial charge in [-0.3, -0.25) is 0 Å². The maximum absolute atomic E-state index is 14.0. The number of nitrogens with zero attached hydrogens (tertiary/aromatic N) is 3. The monoisotopic (exact) mass is 358 g/mol. The Labute approximate surface area is 147 Å². The Balaban J connectivity index is 1.99. The Morgan fingerprint density at radius 2 is 2.00 bits per heavy atom. The average molecular weight is 358 g/mol. The normalized spacial score (nSPS) is 11.1. The van der Waals surface area contributed by atoms with Crippen LogP contribution in [0.5, 0.6) is 0 Å². The Hall–Kier alpha value is -3.58. The summed E-state index contributed by atoms with van der Waals surface area (Å²) in [6.07, 6.45) is -1.22. The smallest absolute Gasteiger partial charge is 0.408 e. The van der Waals surface area contributed by atoms with Gasteiger partial charge in [-0.05, 0) is 22.7 Å². The van der Waals surface area contributed by atoms with Crippen LogP contribution in [0.2, 0.25) is 0 Å². The molecular weight excluding hydrogens is 343 g/mol. The molecule has 0 spiro atoms. The molecule has 0 fully saturated rings. The fourth-order valence-corrected chi connectivity index (χ4v) is 2.14. The van der Waals surface area contributed by atoms with Crippen molar-refractivity contribution < 1.29 is 23.8 Å². The molecule has 9 heteroatoms. The van der Waals surface area contributed by atoms with Crippen molar-refractivity contribution in [1.29, 1.82) is 0 Å². The summed E-state index contributed by atoms with van der Waals surface area (Å²) >= 11 is 0. The van der Waals surface area contributed by atoms with Gasteiger partial charge < -0.3 is 15.2 Å². The number of azide groups is 1. The molecule has 0 heterocycles. The van der Waals surface area contributed by atoms with E-state index in [1.165, 1.54) is 12.1 Å². The second-order valence-corrected chi connectivity index (χ2v) is 5.27. The maximum Gasteiger partial charge on any atom is 0.408 e. The Morgan fingerprint density at radius 1 is 1.27 bits per heavy atom. The van der Waals surface area contributed by atoms with Gasteiger partial charge in [0.15, 0.2) is 0 Å². The van der Waals surface area contributed by atoms with Crippen molar-refractivity contribution in [2.45, 2.75) is 19.1 Å². The fourth-order valence-electron chi connectivity index (χ4n) is 2.14. The number of carbonyl (C=O) groups excluding carboxylic acids is 1. The van der Waals surface area contributed by atoms with Crippen LogP contribution in [-0.2, 0) is 22.6 Å². The largest absolute Gasteiger partial charge is 0.480 e. The van der Waals surface area contributed by atoms with Gasteiger partial charge in [-0.1, -0.05) is 47.6 Å². The van der Waals surface area contributed by atoms with Crippen LogP contribution >= 0.6 is 0 Å². The molecule has 1 amide bonds. The van der Waals surface area contributed by atoms with Crippen molar-refractivity contribution in [1.82, 2.24) is 5.32 Å². The molecule has 0 aliphatic rings. The minimum atomic E-state index is -1.38. The lowest BCUT2D eigenvalue weighted by atomic mass is 10.1. The minimum Gasteiger partial charge on any atom is -0.480 e. The number of alkyl carbamates (subject to hydrolysis) is 1. The van der Waals surface area contributed by atoms with Crippen molar-refractivity contribution in [3.8, 4) is 0 Å². The molecule has 0 aliphatic carbocycles. The number of carboxylic acid groups (broad SMARTS) is 1. The van der Waals surface area contributed by atoms with Gasteiger partial charge in [-0.25, -0.2) is 14.0 Å². The van der Waals surface area contributed by atoms with E-state index in [1.54, 1.807) is 24.3 Å². The quantitative estimate of drug-likeness (QED) is 0.445. The number of aliphatic carboxylic acids is 1. The predicted octanol–water partition coefficient (Wildman–Crippen LogP) is 3.69. The number of hydrogen-bond acceptors (Lipinski definition) is 4. The summed E-state index contributed by atoms with van der Waals surface area (Å²) in [6.45, 7) is -0.0196. The molecule has 0 aliphatic heterocycles. The molecule has 2 N–H and O–H groups in total. The molecule has 2 aromatic rings. The topological polar surface area (TPSA) is 124 Å². The summed E-state index contributed by atoms with van der Waals surface area (Å²) in [7, 11) is 0. The first-order chi connectivity index (χ1) is 12.5. The van der Waals surface area contributed by atoms with Gasteiger partial charge in [0, 0.05) is 17.0 Å². The molecule has 0 aromatic heterocycles. The highest BCUT2D eigenvalue weighted by Gasteiger charge is 2.22. The third-order valence-corrected chi connectivity index (χ3v) is 3.42. The second-order valence-electron chi connectivity index (χ2n) is 5.27. The number of nitrogens with one attached hydrogen (secondary N) is 1. The van der Waals surface area contributed by atoms with E-state index < -0.39 is 23.9 Å². The molecule has 0 bridgehead atoms. The van der Waals surface area contributed by atoms with E-state index in [2.05, 4.69) is 15.3 Å². The second kappa shape index (κ2) is 9.05. The van der Waals surface area contributed by atoms with E-state index in [4.69, 9.17) is 10.3 Å². The Morgan fingerprint density at radius 3 is 2.62 bits per heavy atom. The summed E-state index contributed by atoms with van der Waals surface area (Å²) in [6, 6.07) is 11.1. The zero-order chi connectivity index (χ0) is 18.9. The van der Waals surface area contributed by atoms with Crippen LogP contribution in [-0.4, -0.2) is 23.2 Å². The maximum atomic E-state index is 14.0. The van der Waals surface area contributed by atoms with Crippen molar-refractivity contribution in [3.05, 3.63) is 75.9 Å². The van der Waals surface area contributed by atoms with Gasteiger partial charge in [-0.2, -0.15) is 0 Å². The number of carboxylic acids is 1. The molecule has 8 nitrogen and oxygen atoms in total. The van der Waals surface area contributed by atoms with E-state index in [-0.39, 0.29) is 24.3 Å². The number of ether oxygens (including phenoxy) is 1. The number of benzene rings is 2. The molecule has 2 aromatic carbocycles. The third-order valence-electron chi connectivity index (χ3n) is 3.42. The predicted molar refractivity (Wildman–Crippen MR) is 90.1 cm³/mol. The van der Waals surface area contributed by atoms with E-state index in [0.29, 0.717) is 0 Å². The molecular formula is C17H15FN4O4. The summed E-state index contributed by atoms with van der Waals surface area (Å²) in [5.41, 5.74) is 9.19. The lowest BCUT2D eigenvalue weighted by Gasteiger charge is -2.15. The molecule has 0 radical (unpaired) electrons. The molecule has 134 valence electrons. The van der Waals surface area contributed by atoms with Crippen molar-refractivity contribution in [3.63, 3.8) is 0 Å². The van der Waals surface area contributed by atoms with E-state index in [1.807, 2.05) is 6.07 Å². The van der Waals surface area contributed by atoms with Gasteiger partial charge in [-0.15, -0.1) is 0 Å². The van der Waals surface area contributed by atoms with Gasteiger partial charge >= 0.3 is 12.1 Å². The van der Waals surface area contributed by atoms with E-state index in [0.717, 1.165) is 11.6 Å². The van der Waals surface area contributed by atoms with Gasteiger partial charge in [0.05, 0.1) is 0 Å². The SMILES string of the molecule is [N-]=[N+]=Nc1ccc(C[C@@H](NC(=O)OCc2ccccc2)C(=O)O)c(F)c1. The summed E-state index contributed by atoms with van der Waals surface area (Å²) in [4.78, 5) is 25.7. The fraction of sp³-hybridized carbons (Fsp3) is 0.176. The molecule has 1 atom stereocenters. The highest BCUT2D eigenvalue weighted by Crippen LogP contribution is 2.18. The lowest BCUT2D eigenvalue weighted by molar-refractivity contribution is -0.139. The first kappa shape index (κ1) is 18.8. The number of carbonyl (C=O) groups is 2. The molecule has 0 unspecified atom stereocenters. The number of amides is 1.